The van der Waals surface area contributed by atoms with Gasteiger partial charge in [0.05, 0.1) is 11.0 Å². The summed E-state index contributed by atoms with van der Waals surface area (Å²) in [6.45, 7) is 4.10. The molecule has 0 atom stereocenters. The van der Waals surface area contributed by atoms with E-state index < -0.39 is 0 Å². The van der Waals surface area contributed by atoms with Gasteiger partial charge in [0, 0.05) is 5.69 Å². The summed E-state index contributed by atoms with van der Waals surface area (Å²) >= 11 is 6.17. The molecule has 1 aromatic heterocycles. The number of nitrogens with one attached hydrogen (secondary N) is 1. The fourth-order valence-electron chi connectivity index (χ4n) is 2.11. The largest absolute Gasteiger partial charge is 0.338 e. The number of hydrogen-bond acceptors (Lipinski definition) is 5. The number of nitrogens with zero attached hydrogens (tertiary/aromatic N) is 3. The van der Waals surface area contributed by atoms with Crippen molar-refractivity contribution in [3.63, 3.8) is 0 Å². The fourth-order valence-corrected chi connectivity index (χ4v) is 2.29. The molecular formula is C16H13ClN4O. The molecule has 0 bridgehead atoms. The molecule has 0 fully saturated rings. The number of nitroso groups, excluding NO2 is 1. The second kappa shape index (κ2) is 5.69. The second-order valence-corrected chi connectivity index (χ2v) is 5.41. The van der Waals surface area contributed by atoms with Crippen molar-refractivity contribution in [2.75, 3.05) is 5.32 Å². The molecule has 0 saturated carbocycles. The van der Waals surface area contributed by atoms with Crippen LogP contribution in [0.3, 0.4) is 0 Å². The zero-order chi connectivity index (χ0) is 15.7. The van der Waals surface area contributed by atoms with Crippen molar-refractivity contribution in [3.8, 4) is 0 Å². The van der Waals surface area contributed by atoms with Gasteiger partial charge in [0.25, 0.3) is 0 Å². The Morgan fingerprint density at radius 3 is 2.55 bits per heavy atom. The smallest absolute Gasteiger partial charge is 0.172 e. The fraction of sp³-hybridized carbons (Fsp3) is 0.125. The predicted molar refractivity (Wildman–Crippen MR) is 89.2 cm³/mol. The van der Waals surface area contributed by atoms with Gasteiger partial charge in [-0.25, -0.2) is 9.97 Å². The lowest BCUT2D eigenvalue weighted by Crippen LogP contribution is -1.98. The molecule has 0 aliphatic heterocycles. The molecule has 0 unspecified atom stereocenters. The summed E-state index contributed by atoms with van der Waals surface area (Å²) < 4.78 is 0. The van der Waals surface area contributed by atoms with Crippen molar-refractivity contribution in [3.05, 3.63) is 57.6 Å². The van der Waals surface area contributed by atoms with Crippen LogP contribution in [0, 0.1) is 18.8 Å². The molecular weight excluding hydrogens is 300 g/mol. The molecule has 3 aromatic rings. The number of hydrogen-bond donors (Lipinski definition) is 1. The summed E-state index contributed by atoms with van der Waals surface area (Å²) in [6.07, 6.45) is 0. The summed E-state index contributed by atoms with van der Waals surface area (Å²) in [5.41, 5.74) is 4.76. The molecule has 3 rings (SSSR count). The van der Waals surface area contributed by atoms with E-state index in [-0.39, 0.29) is 5.15 Å². The Labute approximate surface area is 132 Å². The minimum Gasteiger partial charge on any atom is -0.338 e. The lowest BCUT2D eigenvalue weighted by Gasteiger charge is -2.10. The topological polar surface area (TPSA) is 67.2 Å². The van der Waals surface area contributed by atoms with Gasteiger partial charge in [-0.2, -0.15) is 0 Å². The average Bonchev–Trinajstić information content (AvgIpc) is 2.51. The number of fused-ring (bicyclic) bond motifs is 1. The van der Waals surface area contributed by atoms with E-state index in [1.165, 1.54) is 11.1 Å². The molecule has 22 heavy (non-hydrogen) atoms. The SMILES string of the molecule is Cc1ccc(Nc2nc3ccc(N=O)cc3nc2Cl)cc1C. The summed E-state index contributed by atoms with van der Waals surface area (Å²) in [5.74, 6) is 0.476. The van der Waals surface area contributed by atoms with Gasteiger partial charge in [-0.3, -0.25) is 0 Å². The molecule has 0 spiro atoms. The van der Waals surface area contributed by atoms with E-state index in [9.17, 15) is 4.91 Å². The van der Waals surface area contributed by atoms with Gasteiger partial charge in [-0.1, -0.05) is 17.7 Å². The Balaban J connectivity index is 2.01. The molecule has 5 nitrogen and oxygen atoms in total. The highest BCUT2D eigenvalue weighted by atomic mass is 35.5. The van der Waals surface area contributed by atoms with Crippen LogP contribution < -0.4 is 5.32 Å². The summed E-state index contributed by atoms with van der Waals surface area (Å²) in [7, 11) is 0. The minimum absolute atomic E-state index is 0.244. The third-order valence-electron chi connectivity index (χ3n) is 3.48. The van der Waals surface area contributed by atoms with Gasteiger partial charge >= 0.3 is 0 Å². The maximum absolute atomic E-state index is 10.6. The molecule has 0 saturated heterocycles. The highest BCUT2D eigenvalue weighted by Crippen LogP contribution is 2.27. The first-order chi connectivity index (χ1) is 10.6. The molecule has 0 aliphatic rings. The third kappa shape index (κ3) is 2.76. The molecule has 0 radical (unpaired) electrons. The molecule has 6 heteroatoms. The first-order valence-electron chi connectivity index (χ1n) is 6.72. The van der Waals surface area contributed by atoms with Gasteiger partial charge in [-0.15, -0.1) is 4.91 Å². The van der Waals surface area contributed by atoms with E-state index in [1.807, 2.05) is 25.1 Å². The van der Waals surface area contributed by atoms with Crippen LogP contribution in [-0.2, 0) is 0 Å². The number of aromatic nitrogens is 2. The highest BCUT2D eigenvalue weighted by Gasteiger charge is 2.08. The van der Waals surface area contributed by atoms with Gasteiger partial charge in [0.1, 0.15) is 5.69 Å². The number of aryl methyl sites for hydroxylation is 2. The average molecular weight is 313 g/mol. The molecule has 110 valence electrons. The van der Waals surface area contributed by atoms with E-state index in [2.05, 4.69) is 27.4 Å². The number of rotatable bonds is 3. The first-order valence-corrected chi connectivity index (χ1v) is 7.09. The number of anilines is 2. The normalized spacial score (nSPS) is 10.7. The molecule has 2 aromatic carbocycles. The van der Waals surface area contributed by atoms with E-state index in [0.29, 0.717) is 22.5 Å². The number of benzene rings is 2. The van der Waals surface area contributed by atoms with E-state index >= 15 is 0 Å². The highest BCUT2D eigenvalue weighted by molar-refractivity contribution is 6.32. The monoisotopic (exact) mass is 312 g/mol. The predicted octanol–water partition coefficient (Wildman–Crippen LogP) is 5.04. The van der Waals surface area contributed by atoms with E-state index in [0.717, 1.165) is 5.69 Å². The quantitative estimate of drug-likeness (QED) is 0.688. The standard InChI is InChI=1S/C16H13ClN4O/c1-9-3-4-11(7-10(9)2)18-16-15(17)19-14-8-12(21-22)5-6-13(14)20-16/h3-8H,1-2H3,(H,18,20). The lowest BCUT2D eigenvalue weighted by molar-refractivity contribution is 1.27. The minimum atomic E-state index is 0.244. The lowest BCUT2D eigenvalue weighted by atomic mass is 10.1. The third-order valence-corrected chi connectivity index (χ3v) is 3.74. The molecule has 1 heterocycles. The van der Waals surface area contributed by atoms with Crippen molar-refractivity contribution < 1.29 is 0 Å². The molecule has 0 amide bonds. The van der Waals surface area contributed by atoms with Crippen LogP contribution in [0.1, 0.15) is 11.1 Å². The van der Waals surface area contributed by atoms with Gasteiger partial charge in [0.2, 0.25) is 0 Å². The Hall–Kier alpha value is -2.53. The zero-order valence-corrected chi connectivity index (χ0v) is 12.8. The van der Waals surface area contributed by atoms with Crippen molar-refractivity contribution in [1.29, 1.82) is 0 Å². The van der Waals surface area contributed by atoms with Crippen LogP contribution in [-0.4, -0.2) is 9.97 Å². The van der Waals surface area contributed by atoms with Gasteiger partial charge < -0.3 is 5.32 Å². The molecule has 0 aliphatic carbocycles. The van der Waals surface area contributed by atoms with E-state index in [1.54, 1.807) is 18.2 Å². The van der Waals surface area contributed by atoms with Crippen LogP contribution in [0.2, 0.25) is 5.15 Å². The van der Waals surface area contributed by atoms with Crippen LogP contribution >= 0.6 is 11.6 Å². The van der Waals surface area contributed by atoms with Crippen LogP contribution in [0.15, 0.2) is 41.6 Å². The second-order valence-electron chi connectivity index (χ2n) is 5.05. The van der Waals surface area contributed by atoms with Crippen molar-refractivity contribution >= 4 is 39.8 Å². The van der Waals surface area contributed by atoms with E-state index in [4.69, 9.17) is 11.6 Å². The van der Waals surface area contributed by atoms with Crippen molar-refractivity contribution in [2.45, 2.75) is 13.8 Å². The van der Waals surface area contributed by atoms with Crippen molar-refractivity contribution in [2.24, 2.45) is 5.18 Å². The maximum atomic E-state index is 10.6. The Bertz CT molecular complexity index is 879. The molecule has 1 N–H and O–H groups in total. The van der Waals surface area contributed by atoms with Crippen LogP contribution in [0.25, 0.3) is 11.0 Å². The first kappa shape index (κ1) is 14.4. The number of halogens is 1. The Morgan fingerprint density at radius 1 is 1.00 bits per heavy atom. The van der Waals surface area contributed by atoms with Gasteiger partial charge in [0.15, 0.2) is 11.0 Å². The van der Waals surface area contributed by atoms with Crippen LogP contribution in [0.5, 0.6) is 0 Å². The van der Waals surface area contributed by atoms with Gasteiger partial charge in [-0.05, 0) is 60.5 Å². The maximum Gasteiger partial charge on any atom is 0.172 e. The summed E-state index contributed by atoms with van der Waals surface area (Å²) in [4.78, 5) is 19.3. The summed E-state index contributed by atoms with van der Waals surface area (Å²) in [5, 5.41) is 6.30. The summed E-state index contributed by atoms with van der Waals surface area (Å²) in [6, 6.07) is 10.9. The van der Waals surface area contributed by atoms with Crippen LogP contribution in [0.4, 0.5) is 17.2 Å². The Morgan fingerprint density at radius 2 is 1.82 bits per heavy atom. The Kier molecular flexibility index (Phi) is 3.73. The van der Waals surface area contributed by atoms with Crippen molar-refractivity contribution in [1.82, 2.24) is 9.97 Å². The zero-order valence-electron chi connectivity index (χ0n) is 12.1.